The first-order valence-corrected chi connectivity index (χ1v) is 7.86. The number of benzene rings is 1. The number of nitrogens with two attached hydrogens (primary N) is 1. The number of aliphatic hydroxyl groups excluding tert-OH is 1. The molecule has 124 valence electrons. The zero-order valence-electron chi connectivity index (χ0n) is 13.7. The summed E-state index contributed by atoms with van der Waals surface area (Å²) in [6, 6.07) is 3.00. The molecule has 1 aliphatic carbocycles. The summed E-state index contributed by atoms with van der Waals surface area (Å²) in [5.41, 5.74) is 7.06. The second kappa shape index (κ2) is 7.70. The predicted octanol–water partition coefficient (Wildman–Crippen LogP) is 2.65. The van der Waals surface area contributed by atoms with E-state index < -0.39 is 12.1 Å². The second-order valence-electron chi connectivity index (χ2n) is 5.86. The smallest absolute Gasteiger partial charge is 0.131 e. The maximum Gasteiger partial charge on any atom is 0.131 e. The highest BCUT2D eigenvalue weighted by Crippen LogP contribution is 2.41. The molecule has 22 heavy (non-hydrogen) atoms. The Morgan fingerprint density at radius 2 is 1.55 bits per heavy atom. The Morgan fingerprint density at radius 1 is 1.00 bits per heavy atom. The monoisotopic (exact) mass is 309 g/mol. The van der Waals surface area contributed by atoms with E-state index in [4.69, 9.17) is 19.9 Å². The van der Waals surface area contributed by atoms with E-state index >= 15 is 0 Å². The van der Waals surface area contributed by atoms with E-state index in [9.17, 15) is 5.11 Å². The van der Waals surface area contributed by atoms with Crippen molar-refractivity contribution < 1.29 is 19.3 Å². The highest BCUT2D eigenvalue weighted by molar-refractivity contribution is 5.52. The lowest BCUT2D eigenvalue weighted by molar-refractivity contribution is 0.0603. The fraction of sp³-hybridized carbons (Fsp3) is 0.647. The molecule has 1 saturated carbocycles. The van der Waals surface area contributed by atoms with Gasteiger partial charge in [-0.25, -0.2) is 0 Å². The van der Waals surface area contributed by atoms with Crippen LogP contribution in [0.1, 0.15) is 43.7 Å². The van der Waals surface area contributed by atoms with Crippen LogP contribution in [0.3, 0.4) is 0 Å². The van der Waals surface area contributed by atoms with Crippen LogP contribution in [0.2, 0.25) is 0 Å². The van der Waals surface area contributed by atoms with Crippen LogP contribution in [0.15, 0.2) is 12.1 Å². The largest absolute Gasteiger partial charge is 0.496 e. The van der Waals surface area contributed by atoms with Gasteiger partial charge in [-0.3, -0.25) is 0 Å². The third-order valence-electron chi connectivity index (χ3n) is 4.59. The van der Waals surface area contributed by atoms with E-state index in [0.29, 0.717) is 22.8 Å². The molecule has 0 amide bonds. The van der Waals surface area contributed by atoms with Crippen LogP contribution in [0.5, 0.6) is 17.2 Å². The zero-order chi connectivity index (χ0) is 16.1. The molecule has 0 aliphatic heterocycles. The molecule has 5 heteroatoms. The number of ether oxygens (including phenoxy) is 3. The van der Waals surface area contributed by atoms with E-state index in [1.54, 1.807) is 33.5 Å². The first-order valence-electron chi connectivity index (χ1n) is 7.86. The summed E-state index contributed by atoms with van der Waals surface area (Å²) in [6.07, 6.45) is 5.01. The van der Waals surface area contributed by atoms with E-state index in [0.717, 1.165) is 25.7 Å². The van der Waals surface area contributed by atoms with Crippen molar-refractivity contribution in [2.24, 2.45) is 11.7 Å². The Bertz CT molecular complexity index is 461. The third-order valence-corrected chi connectivity index (χ3v) is 4.59. The summed E-state index contributed by atoms with van der Waals surface area (Å²) >= 11 is 0. The lowest BCUT2D eigenvalue weighted by atomic mass is 9.81. The van der Waals surface area contributed by atoms with Gasteiger partial charge in [0.05, 0.1) is 39.0 Å². The lowest BCUT2D eigenvalue weighted by Crippen LogP contribution is -2.34. The first-order chi connectivity index (χ1) is 10.6. The summed E-state index contributed by atoms with van der Waals surface area (Å²) in [7, 11) is 4.75. The van der Waals surface area contributed by atoms with Crippen LogP contribution in [-0.2, 0) is 0 Å². The zero-order valence-corrected chi connectivity index (χ0v) is 13.7. The van der Waals surface area contributed by atoms with Gasteiger partial charge in [0.25, 0.3) is 0 Å². The fourth-order valence-electron chi connectivity index (χ4n) is 3.30. The van der Waals surface area contributed by atoms with Crippen LogP contribution >= 0.6 is 0 Å². The SMILES string of the molecule is COc1cc(OC)c([C@@H](N)[C@@H](O)C2CCCCC2)c(OC)c1. The molecule has 1 fully saturated rings. The van der Waals surface area contributed by atoms with Gasteiger partial charge in [-0.2, -0.15) is 0 Å². The molecule has 1 aromatic carbocycles. The molecule has 0 spiro atoms. The van der Waals surface area contributed by atoms with E-state index in [2.05, 4.69) is 0 Å². The molecular formula is C17H27NO4. The molecular weight excluding hydrogens is 282 g/mol. The maximum atomic E-state index is 10.7. The summed E-state index contributed by atoms with van der Waals surface area (Å²) in [5, 5.41) is 10.7. The molecule has 1 aromatic rings. The molecule has 0 aromatic heterocycles. The standard InChI is InChI=1S/C17H27NO4/c1-20-12-9-13(21-2)15(14(10-12)22-3)16(18)17(19)11-7-5-4-6-8-11/h9-11,16-17,19H,4-8,18H2,1-3H3/t16-,17+/m1/s1. The van der Waals surface area contributed by atoms with Crippen molar-refractivity contribution in [1.82, 2.24) is 0 Å². The topological polar surface area (TPSA) is 73.9 Å². The summed E-state index contributed by atoms with van der Waals surface area (Å²) in [4.78, 5) is 0. The van der Waals surface area contributed by atoms with Gasteiger partial charge in [-0.1, -0.05) is 19.3 Å². The quantitative estimate of drug-likeness (QED) is 0.845. The normalized spacial score (nSPS) is 18.6. The van der Waals surface area contributed by atoms with Crippen LogP contribution in [0.4, 0.5) is 0 Å². The minimum absolute atomic E-state index is 0.236. The van der Waals surface area contributed by atoms with Crippen LogP contribution in [0.25, 0.3) is 0 Å². The molecule has 3 N–H and O–H groups in total. The number of hydrogen-bond donors (Lipinski definition) is 2. The van der Waals surface area contributed by atoms with Crippen molar-refractivity contribution in [2.45, 2.75) is 44.2 Å². The van der Waals surface area contributed by atoms with E-state index in [-0.39, 0.29) is 5.92 Å². The summed E-state index contributed by atoms with van der Waals surface area (Å²) in [5.74, 6) is 2.04. The maximum absolute atomic E-state index is 10.7. The predicted molar refractivity (Wildman–Crippen MR) is 85.6 cm³/mol. The Balaban J connectivity index is 2.32. The molecule has 0 radical (unpaired) electrons. The van der Waals surface area contributed by atoms with Crippen molar-refractivity contribution in [3.8, 4) is 17.2 Å². The van der Waals surface area contributed by atoms with Gasteiger partial charge in [0.1, 0.15) is 17.2 Å². The van der Waals surface area contributed by atoms with Crippen LogP contribution in [0, 0.1) is 5.92 Å². The van der Waals surface area contributed by atoms with Crippen molar-refractivity contribution in [3.05, 3.63) is 17.7 Å². The van der Waals surface area contributed by atoms with Crippen molar-refractivity contribution >= 4 is 0 Å². The van der Waals surface area contributed by atoms with E-state index in [1.165, 1.54) is 6.42 Å². The van der Waals surface area contributed by atoms with Crippen molar-refractivity contribution in [1.29, 1.82) is 0 Å². The molecule has 0 unspecified atom stereocenters. The Labute approximate surface area is 132 Å². The molecule has 2 rings (SSSR count). The van der Waals surface area contributed by atoms with Gasteiger partial charge in [-0.05, 0) is 18.8 Å². The Morgan fingerprint density at radius 3 is 2.00 bits per heavy atom. The van der Waals surface area contributed by atoms with Crippen LogP contribution in [-0.4, -0.2) is 32.5 Å². The van der Waals surface area contributed by atoms with Crippen molar-refractivity contribution in [2.75, 3.05) is 21.3 Å². The molecule has 5 nitrogen and oxygen atoms in total. The average Bonchev–Trinajstić information content (AvgIpc) is 2.59. The number of hydrogen-bond acceptors (Lipinski definition) is 5. The highest BCUT2D eigenvalue weighted by Gasteiger charge is 2.31. The fourth-order valence-corrected chi connectivity index (χ4v) is 3.30. The van der Waals surface area contributed by atoms with E-state index in [1.807, 2.05) is 0 Å². The minimum atomic E-state index is -0.600. The van der Waals surface area contributed by atoms with Gasteiger partial charge in [0.15, 0.2) is 0 Å². The number of rotatable bonds is 6. The Hall–Kier alpha value is -1.46. The van der Waals surface area contributed by atoms with Crippen LogP contribution < -0.4 is 19.9 Å². The van der Waals surface area contributed by atoms with Gasteiger partial charge in [0.2, 0.25) is 0 Å². The minimum Gasteiger partial charge on any atom is -0.496 e. The van der Waals surface area contributed by atoms with Gasteiger partial charge < -0.3 is 25.1 Å². The molecule has 1 aliphatic rings. The number of aliphatic hydroxyl groups is 1. The summed E-state index contributed by atoms with van der Waals surface area (Å²) in [6.45, 7) is 0. The average molecular weight is 309 g/mol. The van der Waals surface area contributed by atoms with Gasteiger partial charge >= 0.3 is 0 Å². The summed E-state index contributed by atoms with van der Waals surface area (Å²) < 4.78 is 16.1. The number of methoxy groups -OCH3 is 3. The van der Waals surface area contributed by atoms with Gasteiger partial charge in [-0.15, -0.1) is 0 Å². The molecule has 2 atom stereocenters. The molecule has 0 heterocycles. The lowest BCUT2D eigenvalue weighted by Gasteiger charge is -2.31. The van der Waals surface area contributed by atoms with Gasteiger partial charge in [0, 0.05) is 12.1 Å². The third kappa shape index (κ3) is 3.47. The first kappa shape index (κ1) is 16.9. The Kier molecular flexibility index (Phi) is 5.91. The van der Waals surface area contributed by atoms with Crippen molar-refractivity contribution in [3.63, 3.8) is 0 Å². The molecule has 0 saturated heterocycles. The second-order valence-corrected chi connectivity index (χ2v) is 5.86. The molecule has 0 bridgehead atoms. The highest BCUT2D eigenvalue weighted by atomic mass is 16.5.